The van der Waals surface area contributed by atoms with Crippen LogP contribution in [0.5, 0.6) is 0 Å². The lowest BCUT2D eigenvalue weighted by Gasteiger charge is -2.43. The highest BCUT2D eigenvalue weighted by atomic mass is 16.5. The van der Waals surface area contributed by atoms with Gasteiger partial charge >= 0.3 is 17.8 Å². The lowest BCUT2D eigenvalue weighted by atomic mass is 9.95. The number of fused-ring (bicyclic) bond motifs is 1. The molecule has 2 atom stereocenters. The fraction of sp³-hybridized carbons (Fsp3) is 0.417. The van der Waals surface area contributed by atoms with Crippen LogP contribution in [0.4, 0.5) is 22.0 Å². The number of nitrogens with one attached hydrogen (secondary N) is 3. The number of aromatic amines is 1. The van der Waals surface area contributed by atoms with E-state index in [1.807, 2.05) is 65.1 Å². The molecule has 3 N–H and O–H groups in total. The number of hydrogen-bond donors (Lipinski definition) is 3. The number of carbonyl (C=O) groups excluding carboxylic acids is 3. The van der Waals surface area contributed by atoms with Gasteiger partial charge in [-0.1, -0.05) is 38.1 Å². The minimum absolute atomic E-state index is 0.0503. The molecule has 16 heteroatoms. The molecule has 4 aromatic heterocycles. The number of piperidine rings is 1. The largest absolute Gasteiger partial charge is 0.372 e. The summed E-state index contributed by atoms with van der Waals surface area (Å²) in [4.78, 5) is 67.9. The number of nitrogens with zero attached hydrogens (tertiary/aromatic N) is 9. The lowest BCUT2D eigenvalue weighted by molar-refractivity contribution is -0.120. The van der Waals surface area contributed by atoms with E-state index in [1.165, 1.54) is 5.69 Å². The van der Waals surface area contributed by atoms with E-state index in [9.17, 15) is 14.4 Å². The van der Waals surface area contributed by atoms with Crippen LogP contribution < -0.4 is 25.3 Å². The summed E-state index contributed by atoms with van der Waals surface area (Å²) in [7, 11) is 0. The second kappa shape index (κ2) is 17.5. The van der Waals surface area contributed by atoms with Crippen LogP contribution in [-0.4, -0.2) is 105 Å². The molecule has 1 unspecified atom stereocenters. The van der Waals surface area contributed by atoms with Crippen LogP contribution in [-0.2, 0) is 10.2 Å². The van der Waals surface area contributed by atoms with E-state index in [2.05, 4.69) is 88.8 Å². The molecule has 3 saturated heterocycles. The summed E-state index contributed by atoms with van der Waals surface area (Å²) in [6.45, 7) is 18.6. The minimum Gasteiger partial charge on any atom is -0.372 e. The van der Waals surface area contributed by atoms with E-state index in [1.54, 1.807) is 11.2 Å². The molecule has 9 rings (SSSR count). The highest BCUT2D eigenvalue weighted by Crippen LogP contribution is 2.33. The molecule has 64 heavy (non-hydrogen) atoms. The van der Waals surface area contributed by atoms with Gasteiger partial charge in [0.1, 0.15) is 17.8 Å². The highest BCUT2D eigenvalue weighted by molar-refractivity contribution is 6.05. The average Bonchev–Trinajstić information content (AvgIpc) is 3.97. The number of benzene rings is 2. The number of imide groups is 1. The molecule has 6 aromatic rings. The summed E-state index contributed by atoms with van der Waals surface area (Å²) in [6, 6.07) is 20.3. The summed E-state index contributed by atoms with van der Waals surface area (Å²) >= 11 is 0. The van der Waals surface area contributed by atoms with Crippen molar-refractivity contribution in [1.82, 2.24) is 45.6 Å². The van der Waals surface area contributed by atoms with Gasteiger partial charge in [-0.2, -0.15) is 4.98 Å². The second-order valence-electron chi connectivity index (χ2n) is 18.5. The molecule has 2 aromatic carbocycles. The Balaban J connectivity index is 0.782. The number of carbonyl (C=O) groups is 3. The fourth-order valence-corrected chi connectivity index (χ4v) is 9.24. The zero-order valence-corrected chi connectivity index (χ0v) is 37.4. The van der Waals surface area contributed by atoms with E-state index in [0.29, 0.717) is 30.7 Å². The Labute approximate surface area is 372 Å². The number of hydrogen-bond acceptors (Lipinski definition) is 12. The van der Waals surface area contributed by atoms with Crippen LogP contribution in [0.3, 0.4) is 0 Å². The quantitative estimate of drug-likeness (QED) is 0.128. The Bertz CT molecular complexity index is 2660. The first-order valence-electron chi connectivity index (χ1n) is 22.3. The van der Waals surface area contributed by atoms with Crippen LogP contribution in [0.25, 0.3) is 33.5 Å². The highest BCUT2D eigenvalue weighted by Gasteiger charge is 2.30. The molecule has 0 aliphatic carbocycles. The van der Waals surface area contributed by atoms with Crippen molar-refractivity contribution in [2.24, 2.45) is 5.92 Å². The maximum atomic E-state index is 13.0. The molecule has 0 bridgehead atoms. The second-order valence-corrected chi connectivity index (χ2v) is 18.5. The SMILES string of the molecule is Cc1cc(-c2ncnc3[nH]c(-c4ccc(N5CCN(CC6CCN(c7ccc(N8CCC(=O)NC8=O)cc7)CC6)CC5C)nc4)cc23)ccc1[C@@H](C)NC(=O)c1nc(C(C)(C)C)no1. The van der Waals surface area contributed by atoms with Crippen LogP contribution in [0, 0.1) is 12.8 Å². The Morgan fingerprint density at radius 1 is 0.922 bits per heavy atom. The maximum absolute atomic E-state index is 13.0. The van der Waals surface area contributed by atoms with Gasteiger partial charge in [0.05, 0.1) is 11.7 Å². The molecule has 332 valence electrons. The number of pyridine rings is 1. The van der Waals surface area contributed by atoms with Crippen molar-refractivity contribution in [3.05, 3.63) is 96.0 Å². The third-order valence-corrected chi connectivity index (χ3v) is 12.9. The van der Waals surface area contributed by atoms with Gasteiger partial charge in [-0.15, -0.1) is 0 Å². The molecule has 0 saturated carbocycles. The average molecular weight is 865 g/mol. The Morgan fingerprint density at radius 2 is 1.69 bits per heavy atom. The van der Waals surface area contributed by atoms with Crippen LogP contribution in [0.2, 0.25) is 0 Å². The number of H-pyrrole nitrogens is 1. The molecule has 0 spiro atoms. The van der Waals surface area contributed by atoms with Crippen molar-refractivity contribution in [1.29, 1.82) is 0 Å². The van der Waals surface area contributed by atoms with Crippen molar-refractivity contribution in [2.45, 2.75) is 78.3 Å². The number of rotatable bonds is 10. The molecule has 3 aliphatic heterocycles. The number of piperazine rings is 1. The molecule has 16 nitrogen and oxygen atoms in total. The van der Waals surface area contributed by atoms with Crippen LogP contribution in [0.1, 0.15) is 87.6 Å². The van der Waals surface area contributed by atoms with Crippen molar-refractivity contribution in [3.63, 3.8) is 0 Å². The normalized spacial score (nSPS) is 18.4. The first-order chi connectivity index (χ1) is 30.8. The molecule has 4 amide bonds. The lowest BCUT2D eigenvalue weighted by Crippen LogP contribution is -2.53. The van der Waals surface area contributed by atoms with Crippen molar-refractivity contribution in [2.75, 3.05) is 60.5 Å². The topological polar surface area (TPSA) is 182 Å². The fourth-order valence-electron chi connectivity index (χ4n) is 9.24. The predicted octanol–water partition coefficient (Wildman–Crippen LogP) is 7.04. The molecule has 0 radical (unpaired) electrons. The van der Waals surface area contributed by atoms with Crippen LogP contribution in [0.15, 0.2) is 77.7 Å². The predicted molar refractivity (Wildman–Crippen MR) is 246 cm³/mol. The van der Waals surface area contributed by atoms with E-state index in [4.69, 9.17) is 14.5 Å². The Kier molecular flexibility index (Phi) is 11.6. The van der Waals surface area contributed by atoms with Gasteiger partial charge in [-0.05, 0) is 99.2 Å². The molecule has 3 aliphatic rings. The van der Waals surface area contributed by atoms with E-state index in [0.717, 1.165) is 108 Å². The summed E-state index contributed by atoms with van der Waals surface area (Å²) in [5.74, 6) is 1.44. The molecular weight excluding hydrogens is 809 g/mol. The van der Waals surface area contributed by atoms with Crippen molar-refractivity contribution < 1.29 is 18.9 Å². The zero-order valence-electron chi connectivity index (χ0n) is 37.4. The summed E-state index contributed by atoms with van der Waals surface area (Å²) < 4.78 is 5.25. The third-order valence-electron chi connectivity index (χ3n) is 12.9. The van der Waals surface area contributed by atoms with E-state index in [-0.39, 0.29) is 29.3 Å². The smallest absolute Gasteiger partial charge is 0.328 e. The Morgan fingerprint density at radius 3 is 2.38 bits per heavy atom. The number of anilines is 3. The maximum Gasteiger partial charge on any atom is 0.328 e. The first-order valence-corrected chi connectivity index (χ1v) is 22.3. The number of aryl methyl sites for hydroxylation is 1. The van der Waals surface area contributed by atoms with Crippen LogP contribution >= 0.6 is 0 Å². The molecule has 7 heterocycles. The van der Waals surface area contributed by atoms with Gasteiger partial charge < -0.3 is 24.6 Å². The molecular formula is C48H56N12O4. The van der Waals surface area contributed by atoms with Crippen molar-refractivity contribution >= 4 is 46.1 Å². The van der Waals surface area contributed by atoms with Gasteiger partial charge in [0.15, 0.2) is 5.82 Å². The summed E-state index contributed by atoms with van der Waals surface area (Å²) in [5, 5.41) is 10.3. The van der Waals surface area contributed by atoms with Gasteiger partial charge in [0.25, 0.3) is 0 Å². The van der Waals surface area contributed by atoms with Gasteiger partial charge in [-0.25, -0.2) is 19.7 Å². The number of urea groups is 1. The van der Waals surface area contributed by atoms with E-state index < -0.39 is 5.91 Å². The Hall–Kier alpha value is -6.68. The third kappa shape index (κ3) is 8.91. The van der Waals surface area contributed by atoms with Gasteiger partial charge in [-0.3, -0.25) is 24.7 Å². The van der Waals surface area contributed by atoms with Crippen molar-refractivity contribution in [3.8, 4) is 22.5 Å². The minimum atomic E-state index is -0.412. The first kappa shape index (κ1) is 42.6. The van der Waals surface area contributed by atoms with E-state index >= 15 is 0 Å². The number of amides is 4. The summed E-state index contributed by atoms with van der Waals surface area (Å²) in [5.41, 5.74) is 8.05. The monoisotopic (exact) mass is 864 g/mol. The zero-order chi connectivity index (χ0) is 44.7. The van der Waals surface area contributed by atoms with Gasteiger partial charge in [0, 0.05) is 103 Å². The van der Waals surface area contributed by atoms with Gasteiger partial charge in [0.2, 0.25) is 5.91 Å². The summed E-state index contributed by atoms with van der Waals surface area (Å²) in [6.07, 6.45) is 6.13. The molecule has 3 fully saturated rings. The number of aromatic nitrogens is 6. The standard InChI is InChI=1S/C48H56N12O4/c1-29-23-33(7-13-37(29)31(3)52-44(62)45-55-46(56-64-45)48(4,5)6)42-38-24-39(53-43(38)51-28-50-42)34-8-14-40(49-25-34)59-22-21-57(26-30(59)2)27-32-15-18-58(19-16-32)35-9-11-36(12-10-35)60-20-17-41(61)54-47(60)63/h7-14,23-25,28,30-32H,15-22,26-27H2,1-6H3,(H,52,62)(H,50,51,53)(H,54,61,63)/t30?,31-/m1/s1.